The number of carbonyl (C=O) groups is 1. The van der Waals surface area contributed by atoms with E-state index >= 15 is 0 Å². The molecule has 2 N–H and O–H groups in total. The van der Waals surface area contributed by atoms with Gasteiger partial charge in [0, 0.05) is 19.1 Å². The summed E-state index contributed by atoms with van der Waals surface area (Å²) < 4.78 is 2.85. The largest absolute Gasteiger partial charge is 0.375 e. The smallest absolute Gasteiger partial charge is 0.259 e. The van der Waals surface area contributed by atoms with Crippen LogP contribution in [0.3, 0.4) is 0 Å². The number of hydrogen-bond donors (Lipinski definition) is 2. The molecule has 7 heteroatoms. The number of hydrazone groups is 1. The lowest BCUT2D eigenvalue weighted by molar-refractivity contribution is -0.119. The number of nitrogens with one attached hydrogen (secondary N) is 2. The maximum Gasteiger partial charge on any atom is 0.259 e. The van der Waals surface area contributed by atoms with Gasteiger partial charge in [0.05, 0.1) is 12.8 Å². The highest BCUT2D eigenvalue weighted by Gasteiger charge is 2.03. The molecule has 0 aliphatic carbocycles. The lowest BCUT2D eigenvalue weighted by atomic mass is 10.2. The lowest BCUT2D eigenvalue weighted by Gasteiger charge is -2.07. The van der Waals surface area contributed by atoms with E-state index in [2.05, 4.69) is 63.6 Å². The zero-order valence-corrected chi connectivity index (χ0v) is 16.1. The second-order valence-electron chi connectivity index (χ2n) is 4.32. The van der Waals surface area contributed by atoms with Gasteiger partial charge >= 0.3 is 0 Å². The van der Waals surface area contributed by atoms with Crippen molar-refractivity contribution in [2.24, 2.45) is 5.10 Å². The van der Waals surface area contributed by atoms with Crippen molar-refractivity contribution >= 4 is 65.6 Å². The van der Waals surface area contributed by atoms with Gasteiger partial charge in [-0.25, -0.2) is 5.43 Å². The second kappa shape index (κ2) is 8.45. The van der Waals surface area contributed by atoms with Gasteiger partial charge < -0.3 is 5.32 Å². The minimum absolute atomic E-state index is 0.137. The number of hydrogen-bond acceptors (Lipinski definition) is 3. The summed E-state index contributed by atoms with van der Waals surface area (Å²) in [6.07, 6.45) is 1.60. The van der Waals surface area contributed by atoms with Crippen molar-refractivity contribution in [2.75, 3.05) is 11.9 Å². The van der Waals surface area contributed by atoms with Gasteiger partial charge in [-0.3, -0.25) is 4.79 Å². The van der Waals surface area contributed by atoms with Crippen LogP contribution in [0.5, 0.6) is 0 Å². The topological polar surface area (TPSA) is 53.5 Å². The van der Waals surface area contributed by atoms with Crippen LogP contribution in [-0.4, -0.2) is 18.7 Å². The van der Waals surface area contributed by atoms with Gasteiger partial charge in [-0.05, 0) is 51.8 Å². The Morgan fingerprint density at radius 2 is 1.73 bits per heavy atom. The summed E-state index contributed by atoms with van der Waals surface area (Å²) in [6, 6.07) is 13.3. The molecule has 0 aromatic heterocycles. The van der Waals surface area contributed by atoms with Gasteiger partial charge in [0.25, 0.3) is 5.91 Å². The zero-order valence-electron chi connectivity index (χ0n) is 11.3. The third-order valence-corrected chi connectivity index (χ3v) is 4.32. The highest BCUT2D eigenvalue weighted by molar-refractivity contribution is 9.11. The van der Waals surface area contributed by atoms with Crippen molar-refractivity contribution in [2.45, 2.75) is 0 Å². The Morgan fingerprint density at radius 3 is 2.41 bits per heavy atom. The summed E-state index contributed by atoms with van der Waals surface area (Å²) in [5.41, 5.74) is 4.23. The monoisotopic (exact) mass is 487 g/mol. The summed E-state index contributed by atoms with van der Waals surface area (Å²) in [6.45, 7) is 0.137. The minimum Gasteiger partial charge on any atom is -0.375 e. The normalized spacial score (nSPS) is 10.7. The van der Waals surface area contributed by atoms with E-state index in [1.165, 1.54) is 0 Å². The van der Waals surface area contributed by atoms with E-state index < -0.39 is 0 Å². The van der Waals surface area contributed by atoms with Crippen molar-refractivity contribution in [3.05, 3.63) is 61.4 Å². The summed E-state index contributed by atoms with van der Waals surface area (Å²) in [7, 11) is 0. The van der Waals surface area contributed by atoms with Crippen LogP contribution in [-0.2, 0) is 4.79 Å². The maximum absolute atomic E-state index is 11.7. The molecule has 0 atom stereocenters. The highest BCUT2D eigenvalue weighted by Crippen LogP contribution is 2.25. The molecule has 0 spiro atoms. The first-order chi connectivity index (χ1) is 10.5. The number of benzene rings is 2. The molecule has 2 rings (SSSR count). The molecule has 0 fully saturated rings. The molecule has 0 unspecified atom stereocenters. The van der Waals surface area contributed by atoms with E-state index in [0.29, 0.717) is 0 Å². The van der Waals surface area contributed by atoms with E-state index in [9.17, 15) is 4.79 Å². The van der Waals surface area contributed by atoms with Crippen LogP contribution in [0, 0.1) is 0 Å². The minimum atomic E-state index is -0.219. The quantitative estimate of drug-likeness (QED) is 0.478. The molecule has 0 bridgehead atoms. The van der Waals surface area contributed by atoms with E-state index in [4.69, 9.17) is 0 Å². The summed E-state index contributed by atoms with van der Waals surface area (Å²) in [5.74, 6) is -0.219. The third kappa shape index (κ3) is 5.55. The molecule has 0 saturated heterocycles. The number of carbonyl (C=O) groups excluding carboxylic acids is 1. The van der Waals surface area contributed by atoms with Crippen molar-refractivity contribution < 1.29 is 4.79 Å². The molecule has 0 radical (unpaired) electrons. The maximum atomic E-state index is 11.7. The van der Waals surface area contributed by atoms with E-state index in [-0.39, 0.29) is 12.5 Å². The van der Waals surface area contributed by atoms with Gasteiger partial charge in [-0.15, -0.1) is 0 Å². The van der Waals surface area contributed by atoms with Crippen LogP contribution in [0.2, 0.25) is 0 Å². The van der Waals surface area contributed by atoms with Crippen LogP contribution in [0.25, 0.3) is 0 Å². The summed E-state index contributed by atoms with van der Waals surface area (Å²) >= 11 is 10.2. The van der Waals surface area contributed by atoms with Crippen LogP contribution >= 0.6 is 47.8 Å². The first kappa shape index (κ1) is 17.2. The molecule has 0 heterocycles. The molecule has 2 aromatic rings. The Hall–Kier alpha value is -1.18. The summed E-state index contributed by atoms with van der Waals surface area (Å²) in [4.78, 5) is 11.7. The average molecular weight is 490 g/mol. The van der Waals surface area contributed by atoms with Crippen LogP contribution < -0.4 is 10.7 Å². The third-order valence-electron chi connectivity index (χ3n) is 2.64. The lowest BCUT2D eigenvalue weighted by Crippen LogP contribution is -2.26. The highest BCUT2D eigenvalue weighted by atomic mass is 79.9. The zero-order chi connectivity index (χ0) is 15.9. The van der Waals surface area contributed by atoms with E-state index in [0.717, 1.165) is 24.7 Å². The molecule has 0 saturated carbocycles. The van der Waals surface area contributed by atoms with Gasteiger partial charge in [-0.1, -0.05) is 44.0 Å². The van der Waals surface area contributed by atoms with Gasteiger partial charge in [0.15, 0.2) is 0 Å². The Labute approximate surface area is 153 Å². The number of halogens is 3. The number of rotatable bonds is 5. The van der Waals surface area contributed by atoms with Gasteiger partial charge in [0.1, 0.15) is 0 Å². The Kier molecular flexibility index (Phi) is 6.60. The fourth-order valence-electron chi connectivity index (χ4n) is 1.58. The predicted octanol–water partition coefficient (Wildman–Crippen LogP) is 4.54. The van der Waals surface area contributed by atoms with Crippen LogP contribution in [0.15, 0.2) is 61.0 Å². The van der Waals surface area contributed by atoms with E-state index in [1.54, 1.807) is 6.21 Å². The predicted molar refractivity (Wildman–Crippen MR) is 100 cm³/mol. The van der Waals surface area contributed by atoms with Gasteiger partial charge in [-0.2, -0.15) is 5.10 Å². The number of nitrogens with zero attached hydrogens (tertiary/aromatic N) is 1. The number of amides is 1. The van der Waals surface area contributed by atoms with Crippen molar-refractivity contribution in [3.63, 3.8) is 0 Å². The molecule has 114 valence electrons. The first-order valence-electron chi connectivity index (χ1n) is 6.31. The fraction of sp³-hybridized carbons (Fsp3) is 0.0667. The fourth-order valence-corrected chi connectivity index (χ4v) is 3.03. The number of anilines is 1. The SMILES string of the molecule is O=C(CNc1ccc(Br)cc1Br)N/N=C\c1ccc(Br)cc1. The van der Waals surface area contributed by atoms with Crippen molar-refractivity contribution in [1.82, 2.24) is 5.43 Å². The first-order valence-corrected chi connectivity index (χ1v) is 8.69. The molecule has 4 nitrogen and oxygen atoms in total. The molecule has 1 amide bonds. The summed E-state index contributed by atoms with van der Waals surface area (Å²) in [5, 5.41) is 6.96. The van der Waals surface area contributed by atoms with Gasteiger partial charge in [0.2, 0.25) is 0 Å². The second-order valence-corrected chi connectivity index (χ2v) is 7.01. The van der Waals surface area contributed by atoms with Crippen LogP contribution in [0.4, 0.5) is 5.69 Å². The molecule has 0 aliphatic heterocycles. The standard InChI is InChI=1S/C15H12Br3N3O/c16-11-3-1-10(2-4-11)8-20-21-15(22)9-19-14-6-5-12(17)7-13(14)18/h1-8,19H,9H2,(H,21,22)/b20-8-. The Morgan fingerprint density at radius 1 is 1.05 bits per heavy atom. The molecular weight excluding hydrogens is 478 g/mol. The van der Waals surface area contributed by atoms with Crippen molar-refractivity contribution in [3.8, 4) is 0 Å². The molecule has 2 aromatic carbocycles. The molecule has 22 heavy (non-hydrogen) atoms. The van der Waals surface area contributed by atoms with Crippen LogP contribution in [0.1, 0.15) is 5.56 Å². The Balaban J connectivity index is 1.81. The molecule has 0 aliphatic rings. The van der Waals surface area contributed by atoms with E-state index in [1.807, 2.05) is 42.5 Å². The van der Waals surface area contributed by atoms with Crippen molar-refractivity contribution in [1.29, 1.82) is 0 Å². The average Bonchev–Trinajstić information content (AvgIpc) is 2.48. The molecular formula is C15H12Br3N3O. The Bertz CT molecular complexity index is 687.